The molecule has 3 N–H and O–H groups in total. The molecule has 1 aromatic heterocycles. The molecule has 74 valence electrons. The summed E-state index contributed by atoms with van der Waals surface area (Å²) in [5, 5.41) is 1.21. The van der Waals surface area contributed by atoms with Crippen molar-refractivity contribution in [3.8, 4) is 0 Å². The third kappa shape index (κ3) is 1.37. The Bertz CT molecular complexity index is 455. The Morgan fingerprint density at radius 3 is 2.86 bits per heavy atom. The number of aromatic nitrogens is 1. The summed E-state index contributed by atoms with van der Waals surface area (Å²) in [6, 6.07) is 4.18. The zero-order chi connectivity index (χ0) is 10.1. The summed E-state index contributed by atoms with van der Waals surface area (Å²) in [6.07, 6.45) is 4.32. The lowest BCUT2D eigenvalue weighted by atomic mass is 10.1. The molecule has 1 aromatic carbocycles. The van der Waals surface area contributed by atoms with E-state index in [0.717, 1.165) is 24.0 Å². The van der Waals surface area contributed by atoms with E-state index in [1.165, 1.54) is 16.5 Å². The van der Waals surface area contributed by atoms with E-state index in [0.29, 0.717) is 0 Å². The first-order chi connectivity index (χ1) is 6.72. The molecular weight excluding hydrogens is 172 g/mol. The average molecular weight is 188 g/mol. The number of aromatic amines is 1. The van der Waals surface area contributed by atoms with Gasteiger partial charge >= 0.3 is 0 Å². The third-order valence-electron chi connectivity index (χ3n) is 2.56. The molecule has 0 saturated heterocycles. The number of anilines is 1. The van der Waals surface area contributed by atoms with E-state index in [1.807, 2.05) is 6.07 Å². The lowest BCUT2D eigenvalue weighted by Crippen LogP contribution is -1.89. The molecule has 0 radical (unpaired) electrons. The highest BCUT2D eigenvalue weighted by molar-refractivity contribution is 5.94. The number of nitrogens with two attached hydrogens (primary N) is 1. The second-order valence-corrected chi connectivity index (χ2v) is 3.84. The van der Waals surface area contributed by atoms with Crippen LogP contribution in [-0.4, -0.2) is 4.98 Å². The Balaban J connectivity index is 2.66. The van der Waals surface area contributed by atoms with Gasteiger partial charge in [-0.05, 0) is 36.6 Å². The van der Waals surface area contributed by atoms with Crippen LogP contribution >= 0.6 is 0 Å². The molecule has 0 aliphatic rings. The minimum atomic E-state index is 0.893. The molecule has 0 aliphatic carbocycles. The number of nitrogen functional groups attached to an aromatic ring is 1. The molecule has 0 aliphatic heterocycles. The number of hydrogen-bond acceptors (Lipinski definition) is 1. The lowest BCUT2D eigenvalue weighted by molar-refractivity contribution is 0.929. The Morgan fingerprint density at radius 1 is 1.36 bits per heavy atom. The molecule has 2 heteroatoms. The molecule has 0 bridgehead atoms. The molecular formula is C12H16N2. The molecule has 0 spiro atoms. The second kappa shape index (κ2) is 3.37. The number of nitrogens with one attached hydrogen (secondary N) is 1. The Hall–Kier alpha value is -1.44. The zero-order valence-corrected chi connectivity index (χ0v) is 8.72. The third-order valence-corrected chi connectivity index (χ3v) is 2.56. The summed E-state index contributed by atoms with van der Waals surface area (Å²) in [7, 11) is 0. The van der Waals surface area contributed by atoms with Gasteiger partial charge in [0.2, 0.25) is 0 Å². The SMILES string of the molecule is CCCc1c[nH]c2cc(C)cc(N)c12. The predicted octanol–water partition coefficient (Wildman–Crippen LogP) is 3.01. The number of hydrogen-bond donors (Lipinski definition) is 2. The van der Waals surface area contributed by atoms with E-state index in [2.05, 4.69) is 31.1 Å². The second-order valence-electron chi connectivity index (χ2n) is 3.84. The first kappa shape index (κ1) is 9.13. The van der Waals surface area contributed by atoms with E-state index < -0.39 is 0 Å². The van der Waals surface area contributed by atoms with Crippen LogP contribution in [0.5, 0.6) is 0 Å². The quantitative estimate of drug-likeness (QED) is 0.699. The van der Waals surface area contributed by atoms with E-state index in [4.69, 9.17) is 5.73 Å². The fraction of sp³-hybridized carbons (Fsp3) is 0.333. The van der Waals surface area contributed by atoms with Gasteiger partial charge in [-0.15, -0.1) is 0 Å². The van der Waals surface area contributed by atoms with Crippen molar-refractivity contribution in [3.63, 3.8) is 0 Å². The highest BCUT2D eigenvalue weighted by atomic mass is 14.7. The van der Waals surface area contributed by atoms with Gasteiger partial charge < -0.3 is 10.7 Å². The van der Waals surface area contributed by atoms with Crippen molar-refractivity contribution in [1.29, 1.82) is 0 Å². The summed E-state index contributed by atoms with van der Waals surface area (Å²) < 4.78 is 0. The fourth-order valence-corrected chi connectivity index (χ4v) is 1.99. The van der Waals surface area contributed by atoms with Gasteiger partial charge in [-0.2, -0.15) is 0 Å². The van der Waals surface area contributed by atoms with Crippen molar-refractivity contribution >= 4 is 16.6 Å². The van der Waals surface area contributed by atoms with Crippen molar-refractivity contribution in [1.82, 2.24) is 4.98 Å². The maximum atomic E-state index is 6.01. The van der Waals surface area contributed by atoms with Gasteiger partial charge in [0.25, 0.3) is 0 Å². The van der Waals surface area contributed by atoms with Crippen molar-refractivity contribution in [2.45, 2.75) is 26.7 Å². The van der Waals surface area contributed by atoms with Crippen molar-refractivity contribution in [2.75, 3.05) is 5.73 Å². The van der Waals surface area contributed by atoms with Crippen LogP contribution in [0.2, 0.25) is 0 Å². The van der Waals surface area contributed by atoms with Gasteiger partial charge in [0.15, 0.2) is 0 Å². The van der Waals surface area contributed by atoms with E-state index >= 15 is 0 Å². The normalized spacial score (nSPS) is 11.0. The molecule has 2 aromatic rings. The van der Waals surface area contributed by atoms with Crippen LogP contribution in [0.1, 0.15) is 24.5 Å². The standard InChI is InChI=1S/C12H16N2/c1-3-4-9-7-14-11-6-8(2)5-10(13)12(9)11/h5-7,14H,3-4,13H2,1-2H3. The first-order valence-corrected chi connectivity index (χ1v) is 5.08. The van der Waals surface area contributed by atoms with E-state index in [9.17, 15) is 0 Å². The average Bonchev–Trinajstić information content (AvgIpc) is 2.49. The van der Waals surface area contributed by atoms with Crippen molar-refractivity contribution in [2.24, 2.45) is 0 Å². The van der Waals surface area contributed by atoms with Gasteiger partial charge in [-0.25, -0.2) is 0 Å². The Labute approximate surface area is 84.1 Å². The molecule has 0 unspecified atom stereocenters. The monoisotopic (exact) mass is 188 g/mol. The molecule has 2 nitrogen and oxygen atoms in total. The lowest BCUT2D eigenvalue weighted by Gasteiger charge is -2.02. The van der Waals surface area contributed by atoms with Gasteiger partial charge in [0, 0.05) is 22.8 Å². The number of H-pyrrole nitrogens is 1. The van der Waals surface area contributed by atoms with Crippen LogP contribution in [0.3, 0.4) is 0 Å². The maximum absolute atomic E-state index is 6.01. The summed E-state index contributed by atoms with van der Waals surface area (Å²) in [5.41, 5.74) is 10.6. The Kier molecular flexibility index (Phi) is 2.20. The van der Waals surface area contributed by atoms with Crippen molar-refractivity contribution in [3.05, 3.63) is 29.5 Å². The molecule has 0 amide bonds. The van der Waals surface area contributed by atoms with Crippen molar-refractivity contribution < 1.29 is 0 Å². The molecule has 14 heavy (non-hydrogen) atoms. The topological polar surface area (TPSA) is 41.8 Å². The summed E-state index contributed by atoms with van der Waals surface area (Å²) in [5.74, 6) is 0. The van der Waals surface area contributed by atoms with Gasteiger partial charge in [-0.1, -0.05) is 13.3 Å². The molecule has 0 fully saturated rings. The van der Waals surface area contributed by atoms with E-state index in [1.54, 1.807) is 0 Å². The number of rotatable bonds is 2. The predicted molar refractivity (Wildman–Crippen MR) is 61.4 cm³/mol. The van der Waals surface area contributed by atoms with Crippen LogP contribution in [-0.2, 0) is 6.42 Å². The van der Waals surface area contributed by atoms with Gasteiger partial charge in [0.1, 0.15) is 0 Å². The van der Waals surface area contributed by atoms with Crippen LogP contribution in [0.15, 0.2) is 18.3 Å². The largest absolute Gasteiger partial charge is 0.398 e. The van der Waals surface area contributed by atoms with Crippen LogP contribution in [0, 0.1) is 6.92 Å². The van der Waals surface area contributed by atoms with Crippen LogP contribution in [0.25, 0.3) is 10.9 Å². The highest BCUT2D eigenvalue weighted by Crippen LogP contribution is 2.26. The molecule has 1 heterocycles. The van der Waals surface area contributed by atoms with Gasteiger partial charge in [-0.3, -0.25) is 0 Å². The highest BCUT2D eigenvalue weighted by Gasteiger charge is 2.06. The number of benzene rings is 1. The molecule has 0 saturated carbocycles. The minimum Gasteiger partial charge on any atom is -0.398 e. The smallest absolute Gasteiger partial charge is 0.0480 e. The molecule has 0 atom stereocenters. The Morgan fingerprint density at radius 2 is 2.14 bits per heavy atom. The van der Waals surface area contributed by atoms with Gasteiger partial charge in [0.05, 0.1) is 0 Å². The maximum Gasteiger partial charge on any atom is 0.0480 e. The summed E-state index contributed by atoms with van der Waals surface area (Å²) >= 11 is 0. The number of fused-ring (bicyclic) bond motifs is 1. The summed E-state index contributed by atoms with van der Waals surface area (Å²) in [6.45, 7) is 4.25. The first-order valence-electron chi connectivity index (χ1n) is 5.08. The van der Waals surface area contributed by atoms with E-state index in [-0.39, 0.29) is 0 Å². The van der Waals surface area contributed by atoms with Crippen LogP contribution in [0.4, 0.5) is 5.69 Å². The minimum absolute atomic E-state index is 0.893. The summed E-state index contributed by atoms with van der Waals surface area (Å²) in [4.78, 5) is 3.27. The zero-order valence-electron chi connectivity index (χ0n) is 8.72. The fourth-order valence-electron chi connectivity index (χ4n) is 1.99. The number of aryl methyl sites for hydroxylation is 2. The van der Waals surface area contributed by atoms with Crippen LogP contribution < -0.4 is 5.73 Å². The molecule has 2 rings (SSSR count).